The molecule has 1 aromatic rings. The Bertz CT molecular complexity index is 601. The van der Waals surface area contributed by atoms with E-state index in [2.05, 4.69) is 11.4 Å². The van der Waals surface area contributed by atoms with Crippen LogP contribution in [0.4, 0.5) is 5.69 Å². The molecule has 0 aliphatic heterocycles. The number of benzene rings is 1. The van der Waals surface area contributed by atoms with Crippen molar-refractivity contribution in [1.29, 1.82) is 5.26 Å². The van der Waals surface area contributed by atoms with E-state index in [0.29, 0.717) is 29.9 Å². The lowest BCUT2D eigenvalue weighted by atomic mass is 9.67. The van der Waals surface area contributed by atoms with Crippen LogP contribution in [0, 0.1) is 29.1 Å². The average Bonchev–Trinajstić information content (AvgIpc) is 2.47. The fourth-order valence-corrected chi connectivity index (χ4v) is 3.60. The second-order valence-electron chi connectivity index (χ2n) is 6.08. The highest BCUT2D eigenvalue weighted by Gasteiger charge is 2.41. The van der Waals surface area contributed by atoms with Crippen LogP contribution in [0.2, 0.25) is 0 Å². The van der Waals surface area contributed by atoms with Crippen LogP contribution < -0.4 is 5.32 Å². The lowest BCUT2D eigenvalue weighted by Gasteiger charge is -2.36. The zero-order chi connectivity index (χ0) is 14.8. The van der Waals surface area contributed by atoms with Crippen LogP contribution >= 0.6 is 0 Å². The number of anilines is 1. The van der Waals surface area contributed by atoms with E-state index in [-0.39, 0.29) is 23.7 Å². The second kappa shape index (κ2) is 5.69. The average molecular weight is 282 g/mol. The molecule has 2 fully saturated rings. The molecule has 0 heterocycles. The molecule has 0 saturated heterocycles. The van der Waals surface area contributed by atoms with Crippen molar-refractivity contribution in [2.75, 3.05) is 5.32 Å². The molecule has 2 aliphatic rings. The van der Waals surface area contributed by atoms with E-state index in [4.69, 9.17) is 5.26 Å². The summed E-state index contributed by atoms with van der Waals surface area (Å²) in [5, 5.41) is 11.8. The van der Waals surface area contributed by atoms with Crippen molar-refractivity contribution in [3.63, 3.8) is 0 Å². The first-order valence-electron chi connectivity index (χ1n) is 7.52. The molecular weight excluding hydrogens is 264 g/mol. The fraction of sp³-hybridized carbons (Fsp3) is 0.471. The number of Topliss-reactive ketones (excluding diaryl/α,β-unsaturated/α-hetero) is 1. The Morgan fingerprint density at radius 2 is 1.95 bits per heavy atom. The molecule has 0 spiro atoms. The topological polar surface area (TPSA) is 70.0 Å². The Morgan fingerprint density at radius 3 is 2.62 bits per heavy atom. The molecule has 2 atom stereocenters. The highest BCUT2D eigenvalue weighted by atomic mass is 16.2. The summed E-state index contributed by atoms with van der Waals surface area (Å²) in [4.78, 5) is 24.4. The highest BCUT2D eigenvalue weighted by molar-refractivity contribution is 5.95. The van der Waals surface area contributed by atoms with Crippen LogP contribution in [-0.4, -0.2) is 11.7 Å². The first-order chi connectivity index (χ1) is 10.2. The summed E-state index contributed by atoms with van der Waals surface area (Å²) in [6.45, 7) is 0. The van der Waals surface area contributed by atoms with Gasteiger partial charge in [0.25, 0.3) is 0 Å². The van der Waals surface area contributed by atoms with E-state index >= 15 is 0 Å². The van der Waals surface area contributed by atoms with Gasteiger partial charge in [-0.15, -0.1) is 0 Å². The Balaban J connectivity index is 1.68. The third-order valence-electron chi connectivity index (χ3n) is 4.68. The number of nitriles is 1. The monoisotopic (exact) mass is 282 g/mol. The number of carbonyl (C=O) groups excluding carboxylic acids is 2. The first-order valence-corrected chi connectivity index (χ1v) is 7.52. The number of nitrogens with one attached hydrogen (secondary N) is 1. The molecule has 1 aromatic carbocycles. The Morgan fingerprint density at radius 1 is 1.24 bits per heavy atom. The van der Waals surface area contributed by atoms with Crippen LogP contribution in [-0.2, 0) is 9.59 Å². The molecule has 2 bridgehead atoms. The van der Waals surface area contributed by atoms with Crippen molar-refractivity contribution in [1.82, 2.24) is 0 Å². The first kappa shape index (κ1) is 13.8. The van der Waals surface area contributed by atoms with Gasteiger partial charge in [-0.25, -0.2) is 0 Å². The van der Waals surface area contributed by atoms with Gasteiger partial charge >= 0.3 is 0 Å². The van der Waals surface area contributed by atoms with Crippen LogP contribution in [0.25, 0.3) is 0 Å². The number of rotatable bonds is 2. The number of carbonyl (C=O) groups is 2. The number of amides is 1. The predicted octanol–water partition coefficient (Wildman–Crippen LogP) is 2.89. The number of fused-ring (bicyclic) bond motifs is 2. The summed E-state index contributed by atoms with van der Waals surface area (Å²) in [5.74, 6) is 0.437. The van der Waals surface area contributed by atoms with Crippen molar-refractivity contribution >= 4 is 17.4 Å². The molecular formula is C17H18N2O2. The minimum Gasteiger partial charge on any atom is -0.326 e. The van der Waals surface area contributed by atoms with E-state index in [9.17, 15) is 9.59 Å². The molecule has 0 radical (unpaired) electrons. The molecule has 1 amide bonds. The lowest BCUT2D eigenvalue weighted by molar-refractivity contribution is -0.136. The fourth-order valence-electron chi connectivity index (χ4n) is 3.60. The van der Waals surface area contributed by atoms with Crippen molar-refractivity contribution in [3.05, 3.63) is 29.8 Å². The van der Waals surface area contributed by atoms with E-state index in [0.717, 1.165) is 19.3 Å². The lowest BCUT2D eigenvalue weighted by Crippen LogP contribution is -2.40. The molecule has 2 saturated carbocycles. The number of nitrogens with zero attached hydrogens (tertiary/aromatic N) is 1. The van der Waals surface area contributed by atoms with Gasteiger partial charge < -0.3 is 5.32 Å². The van der Waals surface area contributed by atoms with Gasteiger partial charge in [0.1, 0.15) is 5.78 Å². The van der Waals surface area contributed by atoms with Gasteiger partial charge in [0, 0.05) is 23.4 Å². The highest BCUT2D eigenvalue weighted by Crippen LogP contribution is 2.40. The molecule has 0 aromatic heterocycles. The zero-order valence-corrected chi connectivity index (χ0v) is 11.8. The smallest absolute Gasteiger partial charge is 0.227 e. The molecule has 3 rings (SSSR count). The maximum absolute atomic E-state index is 12.4. The third-order valence-corrected chi connectivity index (χ3v) is 4.68. The second-order valence-corrected chi connectivity index (χ2v) is 6.08. The largest absolute Gasteiger partial charge is 0.326 e. The molecule has 4 nitrogen and oxygen atoms in total. The van der Waals surface area contributed by atoms with Gasteiger partial charge in [-0.2, -0.15) is 5.26 Å². The van der Waals surface area contributed by atoms with Gasteiger partial charge in [-0.3, -0.25) is 9.59 Å². The number of hydrogen-bond acceptors (Lipinski definition) is 3. The van der Waals surface area contributed by atoms with Crippen LogP contribution in [0.1, 0.15) is 37.7 Å². The Hall–Kier alpha value is -2.15. The summed E-state index contributed by atoms with van der Waals surface area (Å²) >= 11 is 0. The number of hydrogen-bond donors (Lipinski definition) is 1. The normalized spacial score (nSPS) is 27.8. The minimum atomic E-state index is -0.0799. The van der Waals surface area contributed by atoms with Gasteiger partial charge in [-0.05, 0) is 43.9 Å². The Kier molecular flexibility index (Phi) is 3.74. The summed E-state index contributed by atoms with van der Waals surface area (Å²) in [6, 6.07) is 8.99. The molecule has 21 heavy (non-hydrogen) atoms. The standard InChI is InChI=1S/C17H18N2O2/c18-10-11-3-1-6-15(7-11)19-17(21)14-8-12-4-2-5-13(9-14)16(12)20/h1,3,6-7,12-14H,2,4-5,8-9H2,(H,19,21). The Labute approximate surface area is 124 Å². The molecule has 2 unspecified atom stereocenters. The van der Waals surface area contributed by atoms with Gasteiger partial charge in [-0.1, -0.05) is 12.5 Å². The van der Waals surface area contributed by atoms with E-state index in [1.54, 1.807) is 24.3 Å². The maximum atomic E-state index is 12.4. The summed E-state index contributed by atoms with van der Waals surface area (Å²) in [6.07, 6.45) is 4.34. The van der Waals surface area contributed by atoms with Crippen molar-refractivity contribution in [3.8, 4) is 6.07 Å². The summed E-state index contributed by atoms with van der Waals surface area (Å²) < 4.78 is 0. The van der Waals surface area contributed by atoms with Gasteiger partial charge in [0.05, 0.1) is 11.6 Å². The van der Waals surface area contributed by atoms with Crippen LogP contribution in [0.5, 0.6) is 0 Å². The van der Waals surface area contributed by atoms with Crippen LogP contribution in [0.15, 0.2) is 24.3 Å². The van der Waals surface area contributed by atoms with Gasteiger partial charge in [0.2, 0.25) is 5.91 Å². The maximum Gasteiger partial charge on any atom is 0.227 e. The molecule has 1 N–H and O–H groups in total. The molecule has 4 heteroatoms. The predicted molar refractivity (Wildman–Crippen MR) is 78.3 cm³/mol. The molecule has 108 valence electrons. The summed E-state index contributed by atoms with van der Waals surface area (Å²) in [7, 11) is 0. The van der Waals surface area contributed by atoms with E-state index in [1.807, 2.05) is 0 Å². The quantitative estimate of drug-likeness (QED) is 0.906. The number of ketones is 1. The van der Waals surface area contributed by atoms with E-state index < -0.39 is 0 Å². The SMILES string of the molecule is N#Cc1cccc(NC(=O)C2CC3CCCC(C2)C3=O)c1. The van der Waals surface area contributed by atoms with Crippen LogP contribution in [0.3, 0.4) is 0 Å². The van der Waals surface area contributed by atoms with E-state index in [1.165, 1.54) is 0 Å². The zero-order valence-electron chi connectivity index (χ0n) is 11.8. The molecule has 2 aliphatic carbocycles. The summed E-state index contributed by atoms with van der Waals surface area (Å²) in [5.41, 5.74) is 1.18. The van der Waals surface area contributed by atoms with Gasteiger partial charge in [0.15, 0.2) is 0 Å². The van der Waals surface area contributed by atoms with Crippen molar-refractivity contribution in [2.24, 2.45) is 17.8 Å². The van der Waals surface area contributed by atoms with Crippen molar-refractivity contribution < 1.29 is 9.59 Å². The third kappa shape index (κ3) is 2.82. The minimum absolute atomic E-state index is 0.0190. The van der Waals surface area contributed by atoms with Crippen molar-refractivity contribution in [2.45, 2.75) is 32.1 Å².